The maximum absolute atomic E-state index is 9.63. The minimum absolute atomic E-state index is 0.472. The Balaban J connectivity index is 2.30. The summed E-state index contributed by atoms with van der Waals surface area (Å²) in [5, 5.41) is 9.63. The summed E-state index contributed by atoms with van der Waals surface area (Å²) in [6.45, 7) is 0. The fourth-order valence-electron chi connectivity index (χ4n) is 1.28. The van der Waals surface area contributed by atoms with E-state index in [1.807, 2.05) is 30.3 Å². The van der Waals surface area contributed by atoms with E-state index in [4.69, 9.17) is 12.2 Å². The first-order chi connectivity index (χ1) is 6.29. The number of nitrogens with zero attached hydrogens (tertiary/aromatic N) is 1. The maximum Gasteiger partial charge on any atom is 0.143 e. The third kappa shape index (κ3) is 1.70. The molecule has 1 aliphatic heterocycles. The van der Waals surface area contributed by atoms with Gasteiger partial charge >= 0.3 is 0 Å². The van der Waals surface area contributed by atoms with E-state index < -0.39 is 6.23 Å². The van der Waals surface area contributed by atoms with Crippen molar-refractivity contribution in [1.82, 2.24) is 0 Å². The van der Waals surface area contributed by atoms with Gasteiger partial charge in [0, 0.05) is 11.4 Å². The molecule has 1 atom stereocenters. The molecule has 1 fully saturated rings. The average Bonchev–Trinajstić information content (AvgIpc) is 2.48. The molecule has 13 heavy (non-hydrogen) atoms. The highest BCUT2D eigenvalue weighted by Crippen LogP contribution is 2.28. The number of hydrogen-bond acceptors (Lipinski definition) is 3. The molecular weight excluding hydrogens is 202 g/mol. The van der Waals surface area contributed by atoms with E-state index >= 15 is 0 Å². The van der Waals surface area contributed by atoms with E-state index in [-0.39, 0.29) is 0 Å². The van der Waals surface area contributed by atoms with Crippen molar-refractivity contribution >= 4 is 34.0 Å². The molecule has 2 rings (SSSR count). The van der Waals surface area contributed by atoms with Gasteiger partial charge in [0.2, 0.25) is 0 Å². The number of hydrogen-bond donors (Lipinski definition) is 1. The Kier molecular flexibility index (Phi) is 2.53. The van der Waals surface area contributed by atoms with Crippen molar-refractivity contribution in [3.63, 3.8) is 0 Å². The third-order valence-electron chi connectivity index (χ3n) is 1.88. The zero-order valence-corrected chi connectivity index (χ0v) is 8.52. The van der Waals surface area contributed by atoms with Crippen LogP contribution in [0.1, 0.15) is 0 Å². The first-order valence-corrected chi connectivity index (χ1v) is 5.37. The van der Waals surface area contributed by atoms with Crippen LogP contribution in [0.2, 0.25) is 0 Å². The van der Waals surface area contributed by atoms with E-state index in [0.717, 1.165) is 10.0 Å². The number of aliphatic hydroxyl groups is 1. The standard InChI is InChI=1S/C9H9NOS2/c11-8-6-13-9(12)10(8)7-4-2-1-3-5-7/h1-5,8,11H,6H2/t8-/m1/s1. The van der Waals surface area contributed by atoms with Crippen molar-refractivity contribution in [3.8, 4) is 0 Å². The molecule has 1 aliphatic rings. The van der Waals surface area contributed by atoms with Gasteiger partial charge in [0.1, 0.15) is 10.5 Å². The number of thiocarbonyl (C=S) groups is 1. The lowest BCUT2D eigenvalue weighted by molar-refractivity contribution is 0.213. The van der Waals surface area contributed by atoms with Crippen molar-refractivity contribution in [2.45, 2.75) is 6.23 Å². The van der Waals surface area contributed by atoms with Crippen molar-refractivity contribution in [2.75, 3.05) is 10.7 Å². The molecule has 2 nitrogen and oxygen atoms in total. The van der Waals surface area contributed by atoms with Gasteiger partial charge in [-0.2, -0.15) is 0 Å². The second-order valence-electron chi connectivity index (χ2n) is 2.76. The van der Waals surface area contributed by atoms with Crippen LogP contribution in [0.25, 0.3) is 0 Å². The predicted molar refractivity (Wildman–Crippen MR) is 60.0 cm³/mol. The molecule has 0 saturated carbocycles. The molecule has 1 aromatic rings. The highest BCUT2D eigenvalue weighted by Gasteiger charge is 2.27. The molecule has 4 heteroatoms. The molecule has 0 bridgehead atoms. The topological polar surface area (TPSA) is 23.5 Å². The summed E-state index contributed by atoms with van der Waals surface area (Å²) >= 11 is 6.64. The number of para-hydroxylation sites is 1. The molecular formula is C9H9NOS2. The Morgan fingerprint density at radius 2 is 2.08 bits per heavy atom. The minimum atomic E-state index is -0.472. The van der Waals surface area contributed by atoms with Crippen LogP contribution in [-0.2, 0) is 0 Å². The molecule has 1 aromatic carbocycles. The van der Waals surface area contributed by atoms with Gasteiger partial charge in [-0.15, -0.1) is 0 Å². The second-order valence-corrected chi connectivity index (χ2v) is 4.42. The van der Waals surface area contributed by atoms with Gasteiger partial charge in [-0.3, -0.25) is 0 Å². The SMILES string of the molecule is O[C@@H]1CSC(=S)N1c1ccccc1. The monoisotopic (exact) mass is 211 g/mol. The largest absolute Gasteiger partial charge is 0.372 e. The third-order valence-corrected chi connectivity index (χ3v) is 3.34. The van der Waals surface area contributed by atoms with E-state index in [1.165, 1.54) is 11.8 Å². The van der Waals surface area contributed by atoms with Crippen LogP contribution in [-0.4, -0.2) is 21.4 Å². The van der Waals surface area contributed by atoms with Crippen molar-refractivity contribution < 1.29 is 5.11 Å². The van der Waals surface area contributed by atoms with Gasteiger partial charge in [-0.1, -0.05) is 42.2 Å². The van der Waals surface area contributed by atoms with Crippen LogP contribution in [0.4, 0.5) is 5.69 Å². The summed E-state index contributed by atoms with van der Waals surface area (Å²) in [7, 11) is 0. The average molecular weight is 211 g/mol. The van der Waals surface area contributed by atoms with Gasteiger partial charge < -0.3 is 10.0 Å². The lowest BCUT2D eigenvalue weighted by Crippen LogP contribution is -2.32. The lowest BCUT2D eigenvalue weighted by atomic mass is 10.3. The van der Waals surface area contributed by atoms with Gasteiger partial charge in [0.05, 0.1) is 0 Å². The second kappa shape index (κ2) is 3.65. The van der Waals surface area contributed by atoms with Gasteiger partial charge in [-0.25, -0.2) is 0 Å². The molecule has 0 radical (unpaired) electrons. The molecule has 0 aromatic heterocycles. The number of rotatable bonds is 1. The lowest BCUT2D eigenvalue weighted by Gasteiger charge is -2.20. The van der Waals surface area contributed by atoms with E-state index in [9.17, 15) is 5.11 Å². The summed E-state index contributed by atoms with van der Waals surface area (Å²) in [6, 6.07) is 9.71. The van der Waals surface area contributed by atoms with Gasteiger partial charge in [0.15, 0.2) is 0 Å². The quantitative estimate of drug-likeness (QED) is 0.716. The van der Waals surface area contributed by atoms with E-state index in [2.05, 4.69) is 0 Å². The highest BCUT2D eigenvalue weighted by atomic mass is 32.2. The molecule has 0 unspecified atom stereocenters. The first kappa shape index (κ1) is 8.99. The Morgan fingerprint density at radius 1 is 1.38 bits per heavy atom. The highest BCUT2D eigenvalue weighted by molar-refractivity contribution is 8.23. The number of benzene rings is 1. The normalized spacial score (nSPS) is 22.4. The van der Waals surface area contributed by atoms with E-state index in [1.54, 1.807) is 4.90 Å². The van der Waals surface area contributed by atoms with Crippen molar-refractivity contribution in [2.24, 2.45) is 0 Å². The molecule has 1 saturated heterocycles. The van der Waals surface area contributed by atoms with Crippen LogP contribution < -0.4 is 4.90 Å². The molecule has 1 N–H and O–H groups in total. The summed E-state index contributed by atoms with van der Waals surface area (Å²) in [5.41, 5.74) is 0.963. The zero-order chi connectivity index (χ0) is 9.26. The number of anilines is 1. The Hall–Kier alpha value is -0.580. The van der Waals surface area contributed by atoms with Crippen LogP contribution in [0.3, 0.4) is 0 Å². The summed E-state index contributed by atoms with van der Waals surface area (Å²) in [5.74, 6) is 0.660. The van der Waals surface area contributed by atoms with Gasteiger partial charge in [0.25, 0.3) is 0 Å². The Morgan fingerprint density at radius 3 is 2.62 bits per heavy atom. The number of thioether (sulfide) groups is 1. The van der Waals surface area contributed by atoms with Crippen LogP contribution >= 0.6 is 24.0 Å². The molecule has 0 spiro atoms. The first-order valence-electron chi connectivity index (χ1n) is 3.98. The zero-order valence-electron chi connectivity index (χ0n) is 6.88. The fraction of sp³-hybridized carbons (Fsp3) is 0.222. The summed E-state index contributed by atoms with van der Waals surface area (Å²) in [6.07, 6.45) is -0.472. The summed E-state index contributed by atoms with van der Waals surface area (Å²) < 4.78 is 0.749. The molecule has 1 heterocycles. The van der Waals surface area contributed by atoms with Crippen LogP contribution in [0.15, 0.2) is 30.3 Å². The number of aliphatic hydroxyl groups excluding tert-OH is 1. The van der Waals surface area contributed by atoms with Gasteiger partial charge in [-0.05, 0) is 12.1 Å². The smallest absolute Gasteiger partial charge is 0.143 e. The minimum Gasteiger partial charge on any atom is -0.372 e. The van der Waals surface area contributed by atoms with Crippen LogP contribution in [0.5, 0.6) is 0 Å². The van der Waals surface area contributed by atoms with Crippen LogP contribution in [0, 0.1) is 0 Å². The fourth-order valence-corrected chi connectivity index (χ4v) is 2.52. The molecule has 0 aliphatic carbocycles. The van der Waals surface area contributed by atoms with Crippen molar-refractivity contribution in [3.05, 3.63) is 30.3 Å². The summed E-state index contributed by atoms with van der Waals surface area (Å²) in [4.78, 5) is 1.78. The molecule has 0 amide bonds. The van der Waals surface area contributed by atoms with E-state index in [0.29, 0.717) is 5.75 Å². The predicted octanol–water partition coefficient (Wildman–Crippen LogP) is 1.84. The molecule has 68 valence electrons. The Bertz CT molecular complexity index is 315. The Labute approximate surface area is 86.6 Å². The maximum atomic E-state index is 9.63. The van der Waals surface area contributed by atoms with Crippen molar-refractivity contribution in [1.29, 1.82) is 0 Å².